The van der Waals surface area contributed by atoms with Crippen molar-refractivity contribution in [2.45, 2.75) is 38.6 Å². The Hall–Kier alpha value is -0.790. The van der Waals surface area contributed by atoms with Gasteiger partial charge in [-0.3, -0.25) is 4.79 Å². The highest BCUT2D eigenvalue weighted by atomic mass is 16.2. The quantitative estimate of drug-likeness (QED) is 0.588. The van der Waals surface area contributed by atoms with Gasteiger partial charge in [-0.2, -0.15) is 0 Å². The molecular weight excluding hydrogens is 150 g/mol. The molecule has 0 aromatic carbocycles. The first kappa shape index (κ1) is 9.30. The second kappa shape index (κ2) is 4.29. The van der Waals surface area contributed by atoms with Gasteiger partial charge < -0.3 is 4.90 Å². The van der Waals surface area contributed by atoms with E-state index >= 15 is 0 Å². The van der Waals surface area contributed by atoms with Gasteiger partial charge in [0.1, 0.15) is 0 Å². The molecule has 0 radical (unpaired) electrons. The number of carbonyl (C=O) groups excluding carboxylic acids is 1. The van der Waals surface area contributed by atoms with Crippen LogP contribution in [0.5, 0.6) is 0 Å². The third kappa shape index (κ3) is 2.10. The number of nitrogens with zero attached hydrogens (tertiary/aromatic N) is 1. The lowest BCUT2D eigenvalue weighted by atomic mass is 10.2. The molecule has 0 N–H and O–H groups in total. The largest absolute Gasteiger partial charge is 0.336 e. The third-order valence-electron chi connectivity index (χ3n) is 2.50. The topological polar surface area (TPSA) is 20.3 Å². The molecule has 0 heterocycles. The molecule has 1 fully saturated rings. The van der Waals surface area contributed by atoms with Gasteiger partial charge in [0.05, 0.1) is 0 Å². The Kier molecular flexibility index (Phi) is 3.32. The molecule has 0 bridgehead atoms. The van der Waals surface area contributed by atoms with Crippen LogP contribution < -0.4 is 0 Å². The number of hydrogen-bond acceptors (Lipinski definition) is 1. The van der Waals surface area contributed by atoms with Crippen LogP contribution >= 0.6 is 0 Å². The van der Waals surface area contributed by atoms with Gasteiger partial charge in [-0.1, -0.05) is 18.9 Å². The highest BCUT2D eigenvalue weighted by molar-refractivity contribution is 5.73. The van der Waals surface area contributed by atoms with Gasteiger partial charge in [0.25, 0.3) is 0 Å². The van der Waals surface area contributed by atoms with Crippen molar-refractivity contribution in [3.05, 3.63) is 12.7 Å². The highest BCUT2D eigenvalue weighted by Gasteiger charge is 2.22. The lowest BCUT2D eigenvalue weighted by molar-refractivity contribution is -0.130. The predicted molar refractivity (Wildman–Crippen MR) is 49.8 cm³/mol. The van der Waals surface area contributed by atoms with Crippen molar-refractivity contribution in [2.24, 2.45) is 0 Å². The summed E-state index contributed by atoms with van der Waals surface area (Å²) in [5, 5.41) is 0. The Balaban J connectivity index is 2.51. The van der Waals surface area contributed by atoms with Crippen LogP contribution in [0.15, 0.2) is 12.7 Å². The number of rotatable bonds is 3. The summed E-state index contributed by atoms with van der Waals surface area (Å²) < 4.78 is 0. The van der Waals surface area contributed by atoms with E-state index in [1.807, 2.05) is 4.90 Å². The Bertz CT molecular complexity index is 171. The fourth-order valence-electron chi connectivity index (χ4n) is 1.89. The first-order valence-corrected chi connectivity index (χ1v) is 4.64. The fourth-order valence-corrected chi connectivity index (χ4v) is 1.89. The second-order valence-corrected chi connectivity index (χ2v) is 3.40. The molecule has 0 aromatic rings. The number of hydrogen-bond donors (Lipinski definition) is 0. The zero-order chi connectivity index (χ0) is 8.97. The van der Waals surface area contributed by atoms with E-state index in [1.54, 1.807) is 13.0 Å². The summed E-state index contributed by atoms with van der Waals surface area (Å²) in [7, 11) is 0. The van der Waals surface area contributed by atoms with Crippen LogP contribution in [0.3, 0.4) is 0 Å². The average Bonchev–Trinajstić information content (AvgIpc) is 2.51. The third-order valence-corrected chi connectivity index (χ3v) is 2.50. The monoisotopic (exact) mass is 167 g/mol. The molecule has 0 spiro atoms. The molecule has 1 saturated carbocycles. The summed E-state index contributed by atoms with van der Waals surface area (Å²) in [6.07, 6.45) is 6.69. The maximum absolute atomic E-state index is 11.2. The summed E-state index contributed by atoms with van der Waals surface area (Å²) in [5.41, 5.74) is 0. The minimum atomic E-state index is 0.182. The Morgan fingerprint density at radius 3 is 2.58 bits per heavy atom. The van der Waals surface area contributed by atoms with Gasteiger partial charge >= 0.3 is 0 Å². The van der Waals surface area contributed by atoms with Gasteiger partial charge in [0.2, 0.25) is 5.91 Å². The molecule has 1 rings (SSSR count). The van der Waals surface area contributed by atoms with Crippen LogP contribution in [0.4, 0.5) is 0 Å². The van der Waals surface area contributed by atoms with Gasteiger partial charge in [-0.25, -0.2) is 0 Å². The van der Waals surface area contributed by atoms with E-state index < -0.39 is 0 Å². The molecule has 1 aliphatic rings. The van der Waals surface area contributed by atoms with Gasteiger partial charge in [0, 0.05) is 19.5 Å². The molecule has 0 aliphatic heterocycles. The molecule has 0 atom stereocenters. The molecule has 0 unspecified atom stereocenters. The van der Waals surface area contributed by atoms with E-state index in [4.69, 9.17) is 0 Å². The van der Waals surface area contributed by atoms with Crippen molar-refractivity contribution < 1.29 is 4.79 Å². The standard InChI is InChI=1S/C10H17NO/c1-3-8-11(9(2)12)10-6-4-5-7-10/h3,10H,1,4-8H2,2H3. The van der Waals surface area contributed by atoms with Gasteiger partial charge in [-0.05, 0) is 12.8 Å². The van der Waals surface area contributed by atoms with E-state index in [-0.39, 0.29) is 5.91 Å². The number of amides is 1. The Labute approximate surface area is 74.2 Å². The summed E-state index contributed by atoms with van der Waals surface area (Å²) in [4.78, 5) is 13.1. The summed E-state index contributed by atoms with van der Waals surface area (Å²) in [5.74, 6) is 0.182. The molecular formula is C10H17NO. The molecule has 0 aromatic heterocycles. The van der Waals surface area contributed by atoms with Crippen molar-refractivity contribution in [3.8, 4) is 0 Å². The van der Waals surface area contributed by atoms with Crippen molar-refractivity contribution in [2.75, 3.05) is 6.54 Å². The van der Waals surface area contributed by atoms with E-state index in [9.17, 15) is 4.79 Å². The average molecular weight is 167 g/mol. The van der Waals surface area contributed by atoms with E-state index in [0.29, 0.717) is 12.6 Å². The Morgan fingerprint density at radius 2 is 2.17 bits per heavy atom. The normalized spacial score (nSPS) is 17.8. The van der Waals surface area contributed by atoms with E-state index in [2.05, 4.69) is 6.58 Å². The van der Waals surface area contributed by atoms with Crippen LogP contribution in [0.25, 0.3) is 0 Å². The highest BCUT2D eigenvalue weighted by Crippen LogP contribution is 2.23. The van der Waals surface area contributed by atoms with Crippen LogP contribution in [-0.2, 0) is 4.79 Å². The maximum Gasteiger partial charge on any atom is 0.219 e. The molecule has 68 valence electrons. The minimum Gasteiger partial charge on any atom is -0.336 e. The molecule has 0 saturated heterocycles. The zero-order valence-electron chi connectivity index (χ0n) is 7.75. The van der Waals surface area contributed by atoms with Crippen molar-refractivity contribution in [1.29, 1.82) is 0 Å². The van der Waals surface area contributed by atoms with Crippen LogP contribution in [-0.4, -0.2) is 23.4 Å². The van der Waals surface area contributed by atoms with E-state index in [0.717, 1.165) is 0 Å². The predicted octanol–water partition coefficient (Wildman–Crippen LogP) is 1.96. The van der Waals surface area contributed by atoms with E-state index in [1.165, 1.54) is 25.7 Å². The fraction of sp³-hybridized carbons (Fsp3) is 0.700. The maximum atomic E-state index is 11.2. The number of carbonyl (C=O) groups is 1. The van der Waals surface area contributed by atoms with Gasteiger partial charge in [0.15, 0.2) is 0 Å². The first-order valence-electron chi connectivity index (χ1n) is 4.64. The minimum absolute atomic E-state index is 0.182. The van der Waals surface area contributed by atoms with Crippen LogP contribution in [0.2, 0.25) is 0 Å². The molecule has 1 amide bonds. The van der Waals surface area contributed by atoms with Crippen molar-refractivity contribution >= 4 is 5.91 Å². The zero-order valence-corrected chi connectivity index (χ0v) is 7.75. The molecule has 1 aliphatic carbocycles. The SMILES string of the molecule is C=CCN(C(C)=O)C1CCCC1. The lowest BCUT2D eigenvalue weighted by Crippen LogP contribution is -2.37. The van der Waals surface area contributed by atoms with Crippen LogP contribution in [0, 0.1) is 0 Å². The smallest absolute Gasteiger partial charge is 0.219 e. The first-order chi connectivity index (χ1) is 5.75. The lowest BCUT2D eigenvalue weighted by Gasteiger charge is -2.26. The summed E-state index contributed by atoms with van der Waals surface area (Å²) in [6.45, 7) is 6.01. The molecule has 2 nitrogen and oxygen atoms in total. The summed E-state index contributed by atoms with van der Waals surface area (Å²) >= 11 is 0. The van der Waals surface area contributed by atoms with Crippen LogP contribution in [0.1, 0.15) is 32.6 Å². The Morgan fingerprint density at radius 1 is 1.58 bits per heavy atom. The molecule has 2 heteroatoms. The van der Waals surface area contributed by atoms with Crippen molar-refractivity contribution in [1.82, 2.24) is 4.90 Å². The molecule has 12 heavy (non-hydrogen) atoms. The van der Waals surface area contributed by atoms with Crippen molar-refractivity contribution in [3.63, 3.8) is 0 Å². The summed E-state index contributed by atoms with van der Waals surface area (Å²) in [6, 6.07) is 0.487. The van der Waals surface area contributed by atoms with Gasteiger partial charge in [-0.15, -0.1) is 6.58 Å². The second-order valence-electron chi connectivity index (χ2n) is 3.40.